The topological polar surface area (TPSA) is 52.0 Å². The average Bonchev–Trinajstić information content (AvgIpc) is 2.31. The van der Waals surface area contributed by atoms with E-state index in [1.54, 1.807) is 11.8 Å². The van der Waals surface area contributed by atoms with Crippen LogP contribution in [0.25, 0.3) is 0 Å². The third-order valence-electron chi connectivity index (χ3n) is 2.63. The number of rotatable bonds is 3. The molecule has 3 heteroatoms. The van der Waals surface area contributed by atoms with Gasteiger partial charge >= 0.3 is 0 Å². The summed E-state index contributed by atoms with van der Waals surface area (Å²) in [6, 6.07) is 14.1. The molecule has 0 aliphatic rings. The Morgan fingerprint density at radius 1 is 1.06 bits per heavy atom. The van der Waals surface area contributed by atoms with Gasteiger partial charge in [-0.05, 0) is 36.2 Å². The molecule has 17 heavy (non-hydrogen) atoms. The van der Waals surface area contributed by atoms with Gasteiger partial charge in [0.25, 0.3) is 0 Å². The molecule has 0 atom stereocenters. The highest BCUT2D eigenvalue weighted by Crippen LogP contribution is 2.30. The third-order valence-corrected chi connectivity index (χ3v) is 3.77. The van der Waals surface area contributed by atoms with Crippen LogP contribution in [0.2, 0.25) is 0 Å². The lowest BCUT2D eigenvalue weighted by Gasteiger charge is -2.08. The molecule has 0 spiro atoms. The van der Waals surface area contributed by atoms with E-state index >= 15 is 0 Å². The fourth-order valence-electron chi connectivity index (χ4n) is 1.62. The number of aryl methyl sites for hydroxylation is 1. The SMILES string of the molecule is Cc1cccc(SCc2cccc(N)c2)c1N. The second-order valence-electron chi connectivity index (χ2n) is 4.02. The maximum absolute atomic E-state index is 6.03. The molecule has 0 unspecified atom stereocenters. The summed E-state index contributed by atoms with van der Waals surface area (Å²) in [5.74, 6) is 0.888. The minimum atomic E-state index is 0.806. The summed E-state index contributed by atoms with van der Waals surface area (Å²) in [4.78, 5) is 1.13. The number of thioether (sulfide) groups is 1. The van der Waals surface area contributed by atoms with Gasteiger partial charge in [-0.1, -0.05) is 24.3 Å². The maximum atomic E-state index is 6.03. The first-order valence-electron chi connectivity index (χ1n) is 5.49. The monoisotopic (exact) mass is 244 g/mol. The van der Waals surface area contributed by atoms with E-state index in [0.717, 1.165) is 27.6 Å². The number of nitrogen functional groups attached to an aromatic ring is 2. The lowest BCUT2D eigenvalue weighted by molar-refractivity contribution is 1.34. The van der Waals surface area contributed by atoms with Crippen LogP contribution in [-0.2, 0) is 5.75 Å². The van der Waals surface area contributed by atoms with E-state index in [-0.39, 0.29) is 0 Å². The van der Waals surface area contributed by atoms with Gasteiger partial charge in [-0.15, -0.1) is 11.8 Å². The predicted octanol–water partition coefficient (Wildman–Crippen LogP) is 3.45. The molecule has 2 nitrogen and oxygen atoms in total. The van der Waals surface area contributed by atoms with Crippen molar-refractivity contribution in [2.24, 2.45) is 0 Å². The van der Waals surface area contributed by atoms with Gasteiger partial charge < -0.3 is 11.5 Å². The van der Waals surface area contributed by atoms with Crippen molar-refractivity contribution in [1.82, 2.24) is 0 Å². The van der Waals surface area contributed by atoms with Crippen molar-refractivity contribution >= 4 is 23.1 Å². The number of benzene rings is 2. The fourth-order valence-corrected chi connectivity index (χ4v) is 2.62. The minimum absolute atomic E-state index is 0.806. The van der Waals surface area contributed by atoms with Crippen molar-refractivity contribution in [1.29, 1.82) is 0 Å². The molecule has 2 aromatic carbocycles. The Bertz CT molecular complexity index is 523. The molecule has 0 aliphatic carbocycles. The molecule has 0 saturated carbocycles. The lowest BCUT2D eigenvalue weighted by atomic mass is 10.2. The van der Waals surface area contributed by atoms with E-state index in [2.05, 4.69) is 12.1 Å². The molecule has 0 aliphatic heterocycles. The Labute approximate surface area is 106 Å². The van der Waals surface area contributed by atoms with Crippen molar-refractivity contribution in [2.75, 3.05) is 11.5 Å². The van der Waals surface area contributed by atoms with Gasteiger partial charge in [-0.3, -0.25) is 0 Å². The first kappa shape index (κ1) is 11.9. The summed E-state index contributed by atoms with van der Waals surface area (Å²) in [5, 5.41) is 0. The second kappa shape index (κ2) is 5.15. The molecule has 0 radical (unpaired) electrons. The summed E-state index contributed by atoms with van der Waals surface area (Å²) in [6.07, 6.45) is 0. The normalized spacial score (nSPS) is 10.4. The van der Waals surface area contributed by atoms with Gasteiger partial charge in [0, 0.05) is 22.0 Å². The second-order valence-corrected chi connectivity index (χ2v) is 5.04. The molecule has 2 rings (SSSR count). The zero-order valence-electron chi connectivity index (χ0n) is 9.81. The first-order valence-corrected chi connectivity index (χ1v) is 6.47. The largest absolute Gasteiger partial charge is 0.399 e. The molecule has 2 aromatic rings. The highest BCUT2D eigenvalue weighted by Gasteiger charge is 2.02. The molecule has 88 valence electrons. The smallest absolute Gasteiger partial charge is 0.0482 e. The van der Waals surface area contributed by atoms with E-state index in [4.69, 9.17) is 11.5 Å². The number of hydrogen-bond donors (Lipinski definition) is 2. The van der Waals surface area contributed by atoms with Crippen LogP contribution >= 0.6 is 11.8 Å². The zero-order chi connectivity index (χ0) is 12.3. The van der Waals surface area contributed by atoms with E-state index in [1.165, 1.54) is 5.56 Å². The highest BCUT2D eigenvalue weighted by molar-refractivity contribution is 7.98. The molecule has 0 aromatic heterocycles. The Hall–Kier alpha value is -1.61. The highest BCUT2D eigenvalue weighted by atomic mass is 32.2. The molecule has 0 bridgehead atoms. The first-order chi connectivity index (χ1) is 8.16. The van der Waals surface area contributed by atoms with Crippen LogP contribution < -0.4 is 11.5 Å². The predicted molar refractivity (Wildman–Crippen MR) is 76.0 cm³/mol. The van der Waals surface area contributed by atoms with Crippen molar-refractivity contribution in [3.05, 3.63) is 53.6 Å². The van der Waals surface area contributed by atoms with Crippen molar-refractivity contribution in [2.45, 2.75) is 17.6 Å². The Morgan fingerprint density at radius 3 is 2.59 bits per heavy atom. The van der Waals surface area contributed by atoms with Crippen LogP contribution in [0.1, 0.15) is 11.1 Å². The van der Waals surface area contributed by atoms with Crippen LogP contribution in [0.15, 0.2) is 47.4 Å². The van der Waals surface area contributed by atoms with Gasteiger partial charge in [0.2, 0.25) is 0 Å². The summed E-state index contributed by atoms with van der Waals surface area (Å²) < 4.78 is 0. The molecular weight excluding hydrogens is 228 g/mol. The number of hydrogen-bond acceptors (Lipinski definition) is 3. The van der Waals surface area contributed by atoms with Gasteiger partial charge in [-0.2, -0.15) is 0 Å². The van der Waals surface area contributed by atoms with Gasteiger partial charge in [-0.25, -0.2) is 0 Å². The summed E-state index contributed by atoms with van der Waals surface area (Å²) >= 11 is 1.74. The van der Waals surface area contributed by atoms with Crippen molar-refractivity contribution < 1.29 is 0 Å². The average molecular weight is 244 g/mol. The molecular formula is C14H16N2S. The van der Waals surface area contributed by atoms with Crippen LogP contribution in [0, 0.1) is 6.92 Å². The zero-order valence-corrected chi connectivity index (χ0v) is 10.6. The van der Waals surface area contributed by atoms with Crippen LogP contribution in [0.4, 0.5) is 11.4 Å². The molecule has 4 N–H and O–H groups in total. The quantitative estimate of drug-likeness (QED) is 0.642. The number of anilines is 2. The molecule has 0 heterocycles. The van der Waals surface area contributed by atoms with Crippen molar-refractivity contribution in [3.8, 4) is 0 Å². The van der Waals surface area contributed by atoms with E-state index in [1.807, 2.05) is 37.3 Å². The molecule has 0 fully saturated rings. The minimum Gasteiger partial charge on any atom is -0.399 e. The Morgan fingerprint density at radius 2 is 1.82 bits per heavy atom. The number of para-hydroxylation sites is 1. The molecule has 0 saturated heterocycles. The summed E-state index contributed by atoms with van der Waals surface area (Å²) in [5.41, 5.74) is 15.8. The van der Waals surface area contributed by atoms with E-state index in [9.17, 15) is 0 Å². The van der Waals surface area contributed by atoms with Gasteiger partial charge in [0.15, 0.2) is 0 Å². The van der Waals surface area contributed by atoms with Crippen molar-refractivity contribution in [3.63, 3.8) is 0 Å². The maximum Gasteiger partial charge on any atom is 0.0482 e. The summed E-state index contributed by atoms with van der Waals surface area (Å²) in [7, 11) is 0. The van der Waals surface area contributed by atoms with Crippen LogP contribution in [-0.4, -0.2) is 0 Å². The summed E-state index contributed by atoms with van der Waals surface area (Å²) in [6.45, 7) is 2.03. The fraction of sp³-hybridized carbons (Fsp3) is 0.143. The molecule has 0 amide bonds. The lowest BCUT2D eigenvalue weighted by Crippen LogP contribution is -1.92. The van der Waals surface area contributed by atoms with Gasteiger partial charge in [0.1, 0.15) is 0 Å². The Balaban J connectivity index is 2.10. The number of nitrogens with two attached hydrogens (primary N) is 2. The van der Waals surface area contributed by atoms with Crippen LogP contribution in [0.5, 0.6) is 0 Å². The van der Waals surface area contributed by atoms with Gasteiger partial charge in [0.05, 0.1) is 0 Å². The van der Waals surface area contributed by atoms with E-state index in [0.29, 0.717) is 0 Å². The third kappa shape index (κ3) is 2.94. The van der Waals surface area contributed by atoms with E-state index < -0.39 is 0 Å². The Kier molecular flexibility index (Phi) is 3.59. The standard InChI is InChI=1S/C14H16N2S/c1-10-4-2-7-13(14(10)16)17-9-11-5-3-6-12(15)8-11/h2-8H,9,15-16H2,1H3. The van der Waals surface area contributed by atoms with Crippen LogP contribution in [0.3, 0.4) is 0 Å².